The number of hydrogen-bond acceptors (Lipinski definition) is 6. The molecule has 4 rings (SSSR count). The van der Waals surface area contributed by atoms with Gasteiger partial charge < -0.3 is 9.47 Å². The molecule has 0 aromatic heterocycles. The molecule has 0 aliphatic carbocycles. The van der Waals surface area contributed by atoms with Crippen LogP contribution >= 0.6 is 46.0 Å². The van der Waals surface area contributed by atoms with Gasteiger partial charge in [-0.1, -0.05) is 41.9 Å². The maximum absolute atomic E-state index is 13.0. The van der Waals surface area contributed by atoms with Gasteiger partial charge in [-0.05, 0) is 94.4 Å². The SMILES string of the molecule is COc1cc(/C=C2\SC(=O)N(Cc3ccccc3C)C2=O)cc(I)c1OC(=O)c1cccc(Cl)c1. The van der Waals surface area contributed by atoms with E-state index in [0.29, 0.717) is 30.4 Å². The minimum absolute atomic E-state index is 0.216. The summed E-state index contributed by atoms with van der Waals surface area (Å²) in [5.41, 5.74) is 2.87. The third kappa shape index (κ3) is 5.71. The van der Waals surface area contributed by atoms with Crippen molar-refractivity contribution in [2.45, 2.75) is 13.5 Å². The second-order valence-corrected chi connectivity index (χ2v) is 10.2. The second kappa shape index (κ2) is 10.8. The number of thioether (sulfide) groups is 1. The molecule has 6 nitrogen and oxygen atoms in total. The number of benzene rings is 3. The number of methoxy groups -OCH3 is 1. The topological polar surface area (TPSA) is 72.9 Å². The van der Waals surface area contributed by atoms with Gasteiger partial charge in [0, 0.05) is 5.02 Å². The molecular formula is C26H19ClINO5S. The molecule has 0 N–H and O–H groups in total. The summed E-state index contributed by atoms with van der Waals surface area (Å²) in [5.74, 6) is -0.358. The molecule has 0 saturated carbocycles. The maximum Gasteiger partial charge on any atom is 0.343 e. The first-order valence-electron chi connectivity index (χ1n) is 10.4. The summed E-state index contributed by atoms with van der Waals surface area (Å²) in [6.45, 7) is 2.16. The van der Waals surface area contributed by atoms with Crippen molar-refractivity contribution in [3.8, 4) is 11.5 Å². The first-order chi connectivity index (χ1) is 16.8. The Morgan fingerprint density at radius 3 is 2.60 bits per heavy atom. The van der Waals surface area contributed by atoms with E-state index in [1.54, 1.807) is 36.4 Å². The van der Waals surface area contributed by atoms with Crippen LogP contribution in [0.25, 0.3) is 6.08 Å². The van der Waals surface area contributed by atoms with Crippen molar-refractivity contribution in [3.63, 3.8) is 0 Å². The van der Waals surface area contributed by atoms with E-state index in [0.717, 1.165) is 22.9 Å². The zero-order chi connectivity index (χ0) is 25.1. The Hall–Kier alpha value is -2.82. The Balaban J connectivity index is 1.57. The molecule has 3 aromatic rings. The minimum Gasteiger partial charge on any atom is -0.493 e. The average molecular weight is 620 g/mol. The van der Waals surface area contributed by atoms with Gasteiger partial charge in [-0.25, -0.2) is 4.79 Å². The Bertz CT molecular complexity index is 1370. The number of halogens is 2. The molecule has 35 heavy (non-hydrogen) atoms. The molecule has 0 spiro atoms. The van der Waals surface area contributed by atoms with E-state index in [1.165, 1.54) is 18.1 Å². The molecule has 1 aliphatic rings. The van der Waals surface area contributed by atoms with Crippen LogP contribution in [0, 0.1) is 10.5 Å². The molecular weight excluding hydrogens is 601 g/mol. The zero-order valence-electron chi connectivity index (χ0n) is 18.7. The number of rotatable bonds is 6. The van der Waals surface area contributed by atoms with Crippen LogP contribution < -0.4 is 9.47 Å². The minimum atomic E-state index is -0.575. The van der Waals surface area contributed by atoms with Crippen LogP contribution in [-0.4, -0.2) is 29.1 Å². The molecule has 3 aromatic carbocycles. The van der Waals surface area contributed by atoms with E-state index in [2.05, 4.69) is 0 Å². The van der Waals surface area contributed by atoms with E-state index < -0.39 is 5.97 Å². The average Bonchev–Trinajstić information content (AvgIpc) is 3.09. The predicted octanol–water partition coefficient (Wildman–Crippen LogP) is 6.72. The lowest BCUT2D eigenvalue weighted by Crippen LogP contribution is -2.27. The molecule has 1 aliphatic heterocycles. The number of esters is 1. The van der Waals surface area contributed by atoms with Crippen LogP contribution in [0.1, 0.15) is 27.0 Å². The van der Waals surface area contributed by atoms with Crippen molar-refractivity contribution in [2.24, 2.45) is 0 Å². The summed E-state index contributed by atoms with van der Waals surface area (Å²) < 4.78 is 11.6. The lowest BCUT2D eigenvalue weighted by Gasteiger charge is -2.14. The zero-order valence-corrected chi connectivity index (χ0v) is 22.4. The second-order valence-electron chi connectivity index (χ2n) is 7.63. The molecule has 9 heteroatoms. The molecule has 178 valence electrons. The van der Waals surface area contributed by atoms with Gasteiger partial charge in [-0.2, -0.15) is 0 Å². The van der Waals surface area contributed by atoms with Gasteiger partial charge >= 0.3 is 5.97 Å². The van der Waals surface area contributed by atoms with Crippen LogP contribution in [-0.2, 0) is 11.3 Å². The number of ether oxygens (including phenoxy) is 2. The standard InChI is InChI=1S/C26H19ClINO5S/c1-15-6-3-4-7-18(15)14-29-24(30)22(35-26(29)32)12-16-10-20(28)23(21(11-16)33-2)34-25(31)17-8-5-9-19(27)13-17/h3-13H,14H2,1-2H3/b22-12-. The van der Waals surface area contributed by atoms with Crippen molar-refractivity contribution in [2.75, 3.05) is 7.11 Å². The van der Waals surface area contributed by atoms with Crippen molar-refractivity contribution < 1.29 is 23.9 Å². The van der Waals surface area contributed by atoms with Gasteiger partial charge in [0.1, 0.15) is 0 Å². The highest BCUT2D eigenvalue weighted by Gasteiger charge is 2.35. The van der Waals surface area contributed by atoms with E-state index >= 15 is 0 Å². The van der Waals surface area contributed by atoms with Gasteiger partial charge in [0.15, 0.2) is 11.5 Å². The van der Waals surface area contributed by atoms with Crippen LogP contribution in [0.2, 0.25) is 5.02 Å². The summed E-state index contributed by atoms with van der Waals surface area (Å²) in [6.07, 6.45) is 1.63. The van der Waals surface area contributed by atoms with Crippen molar-refractivity contribution in [1.82, 2.24) is 4.90 Å². The van der Waals surface area contributed by atoms with Crippen LogP contribution in [0.4, 0.5) is 4.79 Å². The predicted molar refractivity (Wildman–Crippen MR) is 145 cm³/mol. The number of hydrogen-bond donors (Lipinski definition) is 0. The Morgan fingerprint density at radius 2 is 1.89 bits per heavy atom. The molecule has 2 amide bonds. The number of carbonyl (C=O) groups excluding carboxylic acids is 3. The number of aryl methyl sites for hydroxylation is 1. The fourth-order valence-corrected chi connectivity index (χ4v) is 5.20. The lowest BCUT2D eigenvalue weighted by atomic mass is 10.1. The third-order valence-electron chi connectivity index (χ3n) is 5.27. The summed E-state index contributed by atoms with van der Waals surface area (Å²) >= 11 is 8.89. The molecule has 0 atom stereocenters. The smallest absolute Gasteiger partial charge is 0.343 e. The molecule has 0 unspecified atom stereocenters. The largest absolute Gasteiger partial charge is 0.493 e. The molecule has 1 heterocycles. The fraction of sp³-hybridized carbons (Fsp3) is 0.115. The van der Waals surface area contributed by atoms with E-state index in [9.17, 15) is 14.4 Å². The Labute approximate surface area is 225 Å². The van der Waals surface area contributed by atoms with Crippen molar-refractivity contribution in [1.29, 1.82) is 0 Å². The van der Waals surface area contributed by atoms with E-state index in [-0.39, 0.29) is 23.4 Å². The van der Waals surface area contributed by atoms with E-state index in [4.69, 9.17) is 21.1 Å². The highest BCUT2D eigenvalue weighted by molar-refractivity contribution is 14.1. The van der Waals surface area contributed by atoms with Crippen LogP contribution in [0.5, 0.6) is 11.5 Å². The highest BCUT2D eigenvalue weighted by atomic mass is 127. The van der Waals surface area contributed by atoms with Gasteiger partial charge in [0.05, 0.1) is 27.7 Å². The molecule has 1 saturated heterocycles. The van der Waals surface area contributed by atoms with Crippen molar-refractivity contribution >= 4 is 69.1 Å². The first kappa shape index (κ1) is 25.3. The van der Waals surface area contributed by atoms with Crippen LogP contribution in [0.15, 0.2) is 65.6 Å². The Morgan fingerprint density at radius 1 is 1.11 bits per heavy atom. The van der Waals surface area contributed by atoms with Crippen molar-refractivity contribution in [3.05, 3.63) is 96.4 Å². The highest BCUT2D eigenvalue weighted by Crippen LogP contribution is 2.38. The lowest BCUT2D eigenvalue weighted by molar-refractivity contribution is -0.123. The molecule has 0 radical (unpaired) electrons. The number of amides is 2. The monoisotopic (exact) mass is 619 g/mol. The summed E-state index contributed by atoms with van der Waals surface area (Å²) in [5, 5.41) is 0.103. The number of imide groups is 1. The third-order valence-corrected chi connectivity index (χ3v) is 7.21. The van der Waals surface area contributed by atoms with Crippen LogP contribution in [0.3, 0.4) is 0 Å². The van der Waals surface area contributed by atoms with Gasteiger partial charge in [-0.3, -0.25) is 14.5 Å². The maximum atomic E-state index is 13.0. The van der Waals surface area contributed by atoms with E-state index in [1.807, 2.05) is 53.8 Å². The quantitative estimate of drug-likeness (QED) is 0.132. The normalized spacial score (nSPS) is 14.5. The van der Waals surface area contributed by atoms with Gasteiger partial charge in [0.25, 0.3) is 11.1 Å². The summed E-state index contributed by atoms with van der Waals surface area (Å²) in [6, 6.07) is 17.5. The van der Waals surface area contributed by atoms with Gasteiger partial charge in [0.2, 0.25) is 0 Å². The van der Waals surface area contributed by atoms with Gasteiger partial charge in [-0.15, -0.1) is 0 Å². The number of carbonyl (C=O) groups is 3. The molecule has 1 fully saturated rings. The fourth-order valence-electron chi connectivity index (χ4n) is 3.43. The number of nitrogens with zero attached hydrogens (tertiary/aromatic N) is 1. The first-order valence-corrected chi connectivity index (χ1v) is 12.7. The summed E-state index contributed by atoms with van der Waals surface area (Å²) in [4.78, 5) is 39.7. The molecule has 0 bridgehead atoms. The Kier molecular flexibility index (Phi) is 7.83. The summed E-state index contributed by atoms with van der Waals surface area (Å²) in [7, 11) is 1.46.